The molecule has 2 saturated heterocycles. The van der Waals surface area contributed by atoms with Gasteiger partial charge in [0.15, 0.2) is 5.72 Å². The molecule has 0 aromatic carbocycles. The number of primary amides is 1. The van der Waals surface area contributed by atoms with Crippen LogP contribution in [0.2, 0.25) is 0 Å². The van der Waals surface area contributed by atoms with E-state index in [1.807, 2.05) is 4.90 Å². The van der Waals surface area contributed by atoms with Gasteiger partial charge < -0.3 is 25.8 Å². The van der Waals surface area contributed by atoms with E-state index in [1.165, 1.54) is 0 Å². The van der Waals surface area contributed by atoms with Crippen LogP contribution in [0.15, 0.2) is 22.5 Å². The molecule has 3 heterocycles. The van der Waals surface area contributed by atoms with E-state index in [0.717, 1.165) is 0 Å². The molecular weight excluding hydrogens is 352 g/mol. The monoisotopic (exact) mass is 376 g/mol. The molecule has 1 amide bonds. The Morgan fingerprint density at radius 1 is 1.33 bits per heavy atom. The molecule has 146 valence electrons. The summed E-state index contributed by atoms with van der Waals surface area (Å²) in [5, 5.41) is 0. The first-order valence-corrected chi connectivity index (χ1v) is 9.00. The summed E-state index contributed by atoms with van der Waals surface area (Å²) in [5.74, 6) is -1.33. The number of carbonyl (C=O) groups excluding carboxylic acids is 3. The van der Waals surface area contributed by atoms with Gasteiger partial charge in [-0.1, -0.05) is 0 Å². The SMILES string of the molecule is CO[C@]12C3C(CN1C1=C(C(=O)C(N)=C(C)C1=O)[C@H]2COC(N)=O)N3C(C)C. The first kappa shape index (κ1) is 18.0. The van der Waals surface area contributed by atoms with Crippen LogP contribution in [0.4, 0.5) is 4.79 Å². The summed E-state index contributed by atoms with van der Waals surface area (Å²) in [4.78, 5) is 41.4. The third kappa shape index (κ3) is 2.03. The second-order valence-electron chi connectivity index (χ2n) is 7.76. The zero-order chi connectivity index (χ0) is 19.8. The normalized spacial score (nSPS) is 37.0. The topological polar surface area (TPSA) is 128 Å². The highest BCUT2D eigenvalue weighted by Crippen LogP contribution is 2.60. The number of hydrogen-bond donors (Lipinski definition) is 2. The number of ketones is 2. The summed E-state index contributed by atoms with van der Waals surface area (Å²) in [6, 6.07) is 0.471. The maximum absolute atomic E-state index is 13.0. The fourth-order valence-electron chi connectivity index (χ4n) is 5.22. The molecule has 9 nitrogen and oxygen atoms in total. The van der Waals surface area contributed by atoms with E-state index in [0.29, 0.717) is 12.2 Å². The first-order valence-electron chi connectivity index (χ1n) is 9.00. The lowest BCUT2D eigenvalue weighted by Crippen LogP contribution is -2.56. The summed E-state index contributed by atoms with van der Waals surface area (Å²) in [5.41, 5.74) is 10.9. The van der Waals surface area contributed by atoms with Crippen molar-refractivity contribution in [2.24, 2.45) is 17.4 Å². The van der Waals surface area contributed by atoms with E-state index in [-0.39, 0.29) is 47.4 Å². The molecule has 0 aromatic rings. The lowest BCUT2D eigenvalue weighted by molar-refractivity contribution is -0.146. The lowest BCUT2D eigenvalue weighted by atomic mass is 9.82. The van der Waals surface area contributed by atoms with Crippen LogP contribution in [0.1, 0.15) is 20.8 Å². The van der Waals surface area contributed by atoms with Crippen LogP contribution in [0.5, 0.6) is 0 Å². The molecule has 9 heteroatoms. The van der Waals surface area contributed by atoms with Crippen molar-refractivity contribution in [1.82, 2.24) is 9.80 Å². The fourth-order valence-corrected chi connectivity index (χ4v) is 5.22. The third-order valence-electron chi connectivity index (χ3n) is 6.33. The maximum atomic E-state index is 13.0. The average molecular weight is 376 g/mol. The number of fused-ring (bicyclic) bond motifs is 4. The largest absolute Gasteiger partial charge is 0.449 e. The number of methoxy groups -OCH3 is 1. The zero-order valence-electron chi connectivity index (χ0n) is 15.8. The van der Waals surface area contributed by atoms with Gasteiger partial charge in [-0.2, -0.15) is 0 Å². The van der Waals surface area contributed by atoms with Crippen molar-refractivity contribution in [2.75, 3.05) is 20.3 Å². The predicted molar refractivity (Wildman–Crippen MR) is 93.9 cm³/mol. The molecule has 27 heavy (non-hydrogen) atoms. The molecule has 0 saturated carbocycles. The van der Waals surface area contributed by atoms with Crippen molar-refractivity contribution in [1.29, 1.82) is 0 Å². The Kier molecular flexibility index (Phi) is 3.70. The summed E-state index contributed by atoms with van der Waals surface area (Å²) >= 11 is 0. The van der Waals surface area contributed by atoms with E-state index in [4.69, 9.17) is 20.9 Å². The number of carbonyl (C=O) groups is 3. The number of amides is 1. The number of Topliss-reactive ketones (excluding diaryl/α,β-unsaturated/α-hetero) is 2. The molecule has 5 atom stereocenters. The van der Waals surface area contributed by atoms with Gasteiger partial charge in [-0.05, 0) is 20.8 Å². The molecule has 3 aliphatic heterocycles. The van der Waals surface area contributed by atoms with Crippen LogP contribution >= 0.6 is 0 Å². The zero-order valence-corrected chi connectivity index (χ0v) is 15.8. The Balaban J connectivity index is 1.83. The van der Waals surface area contributed by atoms with Crippen molar-refractivity contribution < 1.29 is 23.9 Å². The molecule has 0 aromatic heterocycles. The quantitative estimate of drug-likeness (QED) is 0.495. The highest BCUT2D eigenvalue weighted by Gasteiger charge is 2.76. The minimum atomic E-state index is -0.967. The summed E-state index contributed by atoms with van der Waals surface area (Å²) in [6.07, 6.45) is -0.942. The van der Waals surface area contributed by atoms with E-state index in [9.17, 15) is 14.4 Å². The van der Waals surface area contributed by atoms with Gasteiger partial charge in [0.25, 0.3) is 0 Å². The number of hydrogen-bond acceptors (Lipinski definition) is 8. The molecule has 3 unspecified atom stereocenters. The van der Waals surface area contributed by atoms with Crippen molar-refractivity contribution in [3.63, 3.8) is 0 Å². The van der Waals surface area contributed by atoms with E-state index >= 15 is 0 Å². The fraction of sp³-hybridized carbons (Fsp3) is 0.611. The predicted octanol–water partition coefficient (Wildman–Crippen LogP) is -0.530. The number of nitrogens with zero attached hydrogens (tertiary/aromatic N) is 2. The second kappa shape index (κ2) is 5.56. The Morgan fingerprint density at radius 3 is 2.56 bits per heavy atom. The van der Waals surface area contributed by atoms with Crippen molar-refractivity contribution in [3.8, 4) is 0 Å². The molecule has 4 aliphatic rings. The van der Waals surface area contributed by atoms with E-state index < -0.39 is 23.5 Å². The standard InChI is InChI=1S/C18H24N4O5/c1-7(2)22-10-5-21-13-11(15(24)12(19)8(3)14(13)23)9(6-27-17(20)25)18(21,26-4)16(10)22/h7,9-10,16H,5-6,19H2,1-4H3,(H2,20,25)/t9-,10?,16?,18-,22?/m1/s1. The highest BCUT2D eigenvalue weighted by atomic mass is 16.6. The Bertz CT molecular complexity index is 832. The Morgan fingerprint density at radius 2 is 2.00 bits per heavy atom. The summed E-state index contributed by atoms with van der Waals surface area (Å²) < 4.78 is 11.1. The maximum Gasteiger partial charge on any atom is 0.404 e. The third-order valence-corrected chi connectivity index (χ3v) is 6.33. The Labute approximate surface area is 156 Å². The van der Waals surface area contributed by atoms with Crippen LogP contribution in [-0.4, -0.2) is 71.6 Å². The van der Waals surface area contributed by atoms with Gasteiger partial charge in [-0.15, -0.1) is 0 Å². The van der Waals surface area contributed by atoms with Gasteiger partial charge in [0.2, 0.25) is 11.6 Å². The molecule has 4 N–H and O–H groups in total. The smallest absolute Gasteiger partial charge is 0.404 e. The molecule has 0 bridgehead atoms. The van der Waals surface area contributed by atoms with E-state index in [2.05, 4.69) is 18.7 Å². The lowest BCUT2D eigenvalue weighted by Gasteiger charge is -2.41. The molecule has 1 aliphatic carbocycles. The molecule has 4 rings (SSSR count). The van der Waals surface area contributed by atoms with Gasteiger partial charge in [0.1, 0.15) is 6.61 Å². The molecule has 0 spiro atoms. The van der Waals surface area contributed by atoms with Crippen LogP contribution in [0, 0.1) is 5.92 Å². The van der Waals surface area contributed by atoms with Crippen molar-refractivity contribution in [3.05, 3.63) is 22.5 Å². The summed E-state index contributed by atoms with van der Waals surface area (Å²) in [6.45, 7) is 6.14. The van der Waals surface area contributed by atoms with Gasteiger partial charge in [0, 0.05) is 36.9 Å². The minimum absolute atomic E-state index is 0.0169. The minimum Gasteiger partial charge on any atom is -0.449 e. The van der Waals surface area contributed by atoms with Gasteiger partial charge in [-0.3, -0.25) is 14.5 Å². The van der Waals surface area contributed by atoms with E-state index in [1.54, 1.807) is 14.0 Å². The average Bonchev–Trinajstić information content (AvgIpc) is 3.13. The molecule has 0 radical (unpaired) electrons. The molecule has 2 fully saturated rings. The molecular formula is C18H24N4O5. The number of allylic oxidation sites excluding steroid dienone is 2. The number of rotatable bonds is 4. The number of nitrogens with two attached hydrogens (primary N) is 2. The van der Waals surface area contributed by atoms with Gasteiger partial charge >= 0.3 is 6.09 Å². The van der Waals surface area contributed by atoms with Crippen LogP contribution < -0.4 is 11.5 Å². The van der Waals surface area contributed by atoms with Crippen LogP contribution in [0.3, 0.4) is 0 Å². The second-order valence-corrected chi connectivity index (χ2v) is 7.76. The van der Waals surface area contributed by atoms with Crippen molar-refractivity contribution in [2.45, 2.75) is 44.6 Å². The number of ether oxygens (including phenoxy) is 2. The number of piperazine rings is 1. The van der Waals surface area contributed by atoms with Crippen molar-refractivity contribution >= 4 is 17.7 Å². The van der Waals surface area contributed by atoms with Crippen LogP contribution in [-0.2, 0) is 19.1 Å². The highest BCUT2D eigenvalue weighted by molar-refractivity contribution is 6.25. The first-order chi connectivity index (χ1) is 12.7. The van der Waals surface area contributed by atoms with Gasteiger partial charge in [0.05, 0.1) is 23.4 Å². The summed E-state index contributed by atoms with van der Waals surface area (Å²) in [7, 11) is 1.56. The Hall–Kier alpha value is -2.39. The van der Waals surface area contributed by atoms with Gasteiger partial charge in [-0.25, -0.2) is 4.79 Å². The van der Waals surface area contributed by atoms with Crippen LogP contribution in [0.25, 0.3) is 0 Å².